The summed E-state index contributed by atoms with van der Waals surface area (Å²) in [6.07, 6.45) is 3.36. The number of ketones is 2. The van der Waals surface area contributed by atoms with E-state index in [4.69, 9.17) is 14.2 Å². The Labute approximate surface area is 247 Å². The van der Waals surface area contributed by atoms with Crippen molar-refractivity contribution in [3.63, 3.8) is 0 Å². The number of methoxy groups -OCH3 is 1. The van der Waals surface area contributed by atoms with Crippen LogP contribution in [0.1, 0.15) is 92.1 Å². The highest BCUT2D eigenvalue weighted by molar-refractivity contribution is 14.1. The molecule has 1 aromatic carbocycles. The van der Waals surface area contributed by atoms with Crippen LogP contribution < -0.4 is 9.47 Å². The van der Waals surface area contributed by atoms with E-state index in [1.807, 2.05) is 26.8 Å². The van der Waals surface area contributed by atoms with Gasteiger partial charge in [0.05, 0.1) is 16.3 Å². The van der Waals surface area contributed by atoms with Crippen LogP contribution in [0.4, 0.5) is 0 Å². The second kappa shape index (κ2) is 11.6. The predicted octanol–water partition coefficient (Wildman–Crippen LogP) is 7.20. The number of allylic oxidation sites excluding steroid dienone is 4. The van der Waals surface area contributed by atoms with Crippen LogP contribution in [0.15, 0.2) is 34.7 Å². The summed E-state index contributed by atoms with van der Waals surface area (Å²) in [5.74, 6) is 1.25. The third-order valence-electron chi connectivity index (χ3n) is 7.77. The highest BCUT2D eigenvalue weighted by Gasteiger charge is 2.49. The van der Waals surface area contributed by atoms with Crippen molar-refractivity contribution in [3.8, 4) is 11.5 Å². The van der Waals surface area contributed by atoms with Crippen LogP contribution in [-0.2, 0) is 14.3 Å². The van der Waals surface area contributed by atoms with E-state index >= 15 is 0 Å². The van der Waals surface area contributed by atoms with E-state index in [2.05, 4.69) is 61.3 Å². The van der Waals surface area contributed by atoms with Gasteiger partial charge in [-0.15, -0.1) is 0 Å². The SMILES string of the molecule is CCOc1cc(C2C3=C(CC(C)(C)CC3=O)N(CCCOC)C3=C2C(=O)CC(C)(C)C3)cc(I)c1OC(C)C. The molecule has 7 heteroatoms. The summed E-state index contributed by atoms with van der Waals surface area (Å²) in [7, 11) is 1.71. The molecular formula is C32H44INO5. The Balaban J connectivity index is 1.98. The van der Waals surface area contributed by atoms with Crippen LogP contribution in [0.25, 0.3) is 0 Å². The molecule has 0 radical (unpaired) electrons. The molecule has 0 fully saturated rings. The van der Waals surface area contributed by atoms with Gasteiger partial charge in [-0.05, 0) is 91.2 Å². The fraction of sp³-hybridized carbons (Fsp3) is 0.625. The van der Waals surface area contributed by atoms with E-state index in [1.165, 1.54) is 0 Å². The molecule has 1 aliphatic heterocycles. The number of Topliss-reactive ketones (excluding diaryl/α,β-unsaturated/α-hetero) is 2. The molecule has 2 aliphatic carbocycles. The number of rotatable bonds is 9. The molecule has 3 aliphatic rings. The van der Waals surface area contributed by atoms with Crippen LogP contribution in [-0.4, -0.2) is 49.4 Å². The number of nitrogens with zero attached hydrogens (tertiary/aromatic N) is 1. The number of halogens is 1. The minimum atomic E-state index is -0.401. The van der Waals surface area contributed by atoms with Gasteiger partial charge in [-0.1, -0.05) is 27.7 Å². The Kier molecular flexibility index (Phi) is 8.91. The zero-order valence-electron chi connectivity index (χ0n) is 24.8. The third kappa shape index (κ3) is 6.24. The molecule has 0 atom stereocenters. The minimum absolute atomic E-state index is 0.00756. The van der Waals surface area contributed by atoms with Crippen molar-refractivity contribution in [2.24, 2.45) is 10.8 Å². The van der Waals surface area contributed by atoms with E-state index in [1.54, 1.807) is 7.11 Å². The molecule has 6 nitrogen and oxygen atoms in total. The molecule has 0 N–H and O–H groups in total. The lowest BCUT2D eigenvalue weighted by molar-refractivity contribution is -0.119. The third-order valence-corrected chi connectivity index (χ3v) is 8.57. The molecular weight excluding hydrogens is 605 g/mol. The van der Waals surface area contributed by atoms with Gasteiger partial charge < -0.3 is 19.1 Å². The maximum absolute atomic E-state index is 14.0. The molecule has 0 bridgehead atoms. The quantitative estimate of drug-likeness (QED) is 0.208. The molecule has 0 saturated carbocycles. The number of carbonyl (C=O) groups excluding carboxylic acids is 2. The van der Waals surface area contributed by atoms with Gasteiger partial charge >= 0.3 is 0 Å². The van der Waals surface area contributed by atoms with Crippen molar-refractivity contribution in [3.05, 3.63) is 43.8 Å². The minimum Gasteiger partial charge on any atom is -0.490 e. The lowest BCUT2D eigenvalue weighted by Crippen LogP contribution is -2.44. The van der Waals surface area contributed by atoms with E-state index in [0.29, 0.717) is 37.6 Å². The maximum atomic E-state index is 14.0. The Morgan fingerprint density at radius 1 is 0.974 bits per heavy atom. The van der Waals surface area contributed by atoms with E-state index < -0.39 is 5.92 Å². The van der Waals surface area contributed by atoms with Crippen LogP contribution in [0.2, 0.25) is 0 Å². The first-order chi connectivity index (χ1) is 18.3. The first kappa shape index (κ1) is 30.1. The van der Waals surface area contributed by atoms with Crippen molar-refractivity contribution in [2.75, 3.05) is 26.9 Å². The molecule has 1 heterocycles. The van der Waals surface area contributed by atoms with Crippen LogP contribution in [0, 0.1) is 14.4 Å². The van der Waals surface area contributed by atoms with Gasteiger partial charge in [0.2, 0.25) is 0 Å². The molecule has 0 amide bonds. The summed E-state index contributed by atoms with van der Waals surface area (Å²) in [6, 6.07) is 4.09. The van der Waals surface area contributed by atoms with Gasteiger partial charge in [0.1, 0.15) is 0 Å². The summed E-state index contributed by atoms with van der Waals surface area (Å²) in [5.41, 5.74) is 4.37. The van der Waals surface area contributed by atoms with Crippen LogP contribution >= 0.6 is 22.6 Å². The Bertz CT molecular complexity index is 1160. The number of hydrogen-bond donors (Lipinski definition) is 0. The summed E-state index contributed by atoms with van der Waals surface area (Å²) in [5, 5.41) is 0. The number of hydrogen-bond acceptors (Lipinski definition) is 6. The first-order valence-electron chi connectivity index (χ1n) is 14.2. The largest absolute Gasteiger partial charge is 0.490 e. The standard InChI is InChI=1S/C32H44INO5/c1-9-38-26-14-20(13-21(33)30(26)39-19(2)3)27-28-22(15-31(4,5)17-24(28)35)34(11-10-12-37-8)23-16-32(6,7)18-25(36)29(23)27/h13-14,19,27H,9-12,15-18H2,1-8H3. The second-order valence-corrected chi connectivity index (χ2v) is 14.1. The zero-order chi connectivity index (χ0) is 28.7. The molecule has 39 heavy (non-hydrogen) atoms. The summed E-state index contributed by atoms with van der Waals surface area (Å²) >= 11 is 2.29. The van der Waals surface area contributed by atoms with Gasteiger partial charge in [-0.2, -0.15) is 0 Å². The highest BCUT2D eigenvalue weighted by Crippen LogP contribution is 2.55. The van der Waals surface area contributed by atoms with E-state index in [0.717, 1.165) is 57.5 Å². The lowest BCUT2D eigenvalue weighted by atomic mass is 9.63. The van der Waals surface area contributed by atoms with Crippen LogP contribution in [0.3, 0.4) is 0 Å². The Hall–Kier alpha value is -1.87. The molecule has 0 aromatic heterocycles. The lowest BCUT2D eigenvalue weighted by Gasteiger charge is -2.49. The molecule has 214 valence electrons. The second-order valence-electron chi connectivity index (χ2n) is 13.0. The Morgan fingerprint density at radius 2 is 1.54 bits per heavy atom. The molecule has 0 unspecified atom stereocenters. The average molecular weight is 650 g/mol. The van der Waals surface area contributed by atoms with Gasteiger partial charge in [0, 0.05) is 61.6 Å². The molecule has 1 aromatic rings. The average Bonchev–Trinajstić information content (AvgIpc) is 2.80. The van der Waals surface area contributed by atoms with Crippen molar-refractivity contribution >= 4 is 34.2 Å². The Morgan fingerprint density at radius 3 is 2.03 bits per heavy atom. The molecule has 0 spiro atoms. The van der Waals surface area contributed by atoms with Crippen molar-refractivity contribution < 1.29 is 23.8 Å². The van der Waals surface area contributed by atoms with Crippen molar-refractivity contribution in [1.82, 2.24) is 4.90 Å². The van der Waals surface area contributed by atoms with E-state index in [9.17, 15) is 9.59 Å². The summed E-state index contributed by atoms with van der Waals surface area (Å²) in [4.78, 5) is 30.4. The number of carbonyl (C=O) groups is 2. The number of ether oxygens (including phenoxy) is 3. The van der Waals surface area contributed by atoms with Crippen molar-refractivity contribution in [1.29, 1.82) is 0 Å². The van der Waals surface area contributed by atoms with Gasteiger partial charge in [0.15, 0.2) is 23.1 Å². The van der Waals surface area contributed by atoms with Gasteiger partial charge in [-0.3, -0.25) is 9.59 Å². The summed E-state index contributed by atoms with van der Waals surface area (Å²) < 4.78 is 18.5. The topological polar surface area (TPSA) is 65.1 Å². The smallest absolute Gasteiger partial charge is 0.174 e. The summed E-state index contributed by atoms with van der Waals surface area (Å²) in [6.45, 7) is 16.5. The first-order valence-corrected chi connectivity index (χ1v) is 15.3. The normalized spacial score (nSPS) is 20.9. The van der Waals surface area contributed by atoms with Gasteiger partial charge in [0.25, 0.3) is 0 Å². The zero-order valence-corrected chi connectivity index (χ0v) is 27.0. The van der Waals surface area contributed by atoms with Gasteiger partial charge in [-0.25, -0.2) is 0 Å². The van der Waals surface area contributed by atoms with Crippen molar-refractivity contribution in [2.45, 2.75) is 92.6 Å². The monoisotopic (exact) mass is 649 g/mol. The highest BCUT2D eigenvalue weighted by atomic mass is 127. The number of benzene rings is 1. The fourth-order valence-electron chi connectivity index (χ4n) is 6.39. The predicted molar refractivity (Wildman–Crippen MR) is 162 cm³/mol. The molecule has 4 rings (SSSR count). The fourth-order valence-corrected chi connectivity index (χ4v) is 7.14. The van der Waals surface area contributed by atoms with Crippen LogP contribution in [0.5, 0.6) is 11.5 Å². The van der Waals surface area contributed by atoms with E-state index in [-0.39, 0.29) is 28.5 Å². The maximum Gasteiger partial charge on any atom is 0.174 e. The molecule has 0 saturated heterocycles.